The highest BCUT2D eigenvalue weighted by atomic mass is 16.1. The van der Waals surface area contributed by atoms with E-state index in [0.717, 1.165) is 24.8 Å². The Labute approximate surface area is 81.1 Å². The van der Waals surface area contributed by atoms with Crippen molar-refractivity contribution < 1.29 is 4.79 Å². The van der Waals surface area contributed by atoms with Crippen molar-refractivity contribution in [3.63, 3.8) is 0 Å². The van der Waals surface area contributed by atoms with E-state index in [1.807, 2.05) is 6.92 Å². The van der Waals surface area contributed by atoms with Crippen molar-refractivity contribution in [2.45, 2.75) is 46.0 Å². The van der Waals surface area contributed by atoms with Gasteiger partial charge in [0.1, 0.15) is 0 Å². The molecular weight excluding hydrogens is 162 g/mol. The van der Waals surface area contributed by atoms with Gasteiger partial charge < -0.3 is 5.32 Å². The first-order valence-corrected chi connectivity index (χ1v) is 5.49. The molecule has 76 valence electrons. The van der Waals surface area contributed by atoms with Crippen LogP contribution in [0.1, 0.15) is 46.0 Å². The number of hydrogen-bond donors (Lipinski definition) is 1. The fourth-order valence-corrected chi connectivity index (χ4v) is 2.08. The number of hydrogen-bond acceptors (Lipinski definition) is 1. The molecule has 0 bridgehead atoms. The molecule has 0 saturated heterocycles. The summed E-state index contributed by atoms with van der Waals surface area (Å²) in [7, 11) is 0. The molecule has 2 atom stereocenters. The fourth-order valence-electron chi connectivity index (χ4n) is 2.08. The van der Waals surface area contributed by atoms with Crippen LogP contribution in [0.4, 0.5) is 0 Å². The molecule has 1 N–H and O–H groups in total. The first-order chi connectivity index (χ1) is 6.22. The van der Waals surface area contributed by atoms with Gasteiger partial charge in [-0.3, -0.25) is 4.79 Å². The van der Waals surface area contributed by atoms with E-state index in [0.29, 0.717) is 6.42 Å². The summed E-state index contributed by atoms with van der Waals surface area (Å²) in [6, 6.07) is 0. The van der Waals surface area contributed by atoms with Crippen molar-refractivity contribution in [1.82, 2.24) is 5.32 Å². The molecular formula is C11H21NO. The molecule has 1 aliphatic rings. The largest absolute Gasteiger partial charge is 0.356 e. The van der Waals surface area contributed by atoms with Crippen LogP contribution in [0.15, 0.2) is 0 Å². The summed E-state index contributed by atoms with van der Waals surface area (Å²) in [6.45, 7) is 5.24. The molecule has 2 unspecified atom stereocenters. The number of rotatable bonds is 4. The van der Waals surface area contributed by atoms with E-state index in [1.165, 1.54) is 19.3 Å². The average molecular weight is 183 g/mol. The molecule has 0 aromatic carbocycles. The van der Waals surface area contributed by atoms with Gasteiger partial charge in [0.2, 0.25) is 5.91 Å². The van der Waals surface area contributed by atoms with Crippen molar-refractivity contribution in [2.75, 3.05) is 6.54 Å². The van der Waals surface area contributed by atoms with E-state index < -0.39 is 0 Å². The maximum Gasteiger partial charge on any atom is 0.219 e. The zero-order chi connectivity index (χ0) is 9.68. The predicted molar refractivity (Wildman–Crippen MR) is 54.4 cm³/mol. The van der Waals surface area contributed by atoms with Crippen LogP contribution >= 0.6 is 0 Å². The van der Waals surface area contributed by atoms with Crippen LogP contribution in [0.5, 0.6) is 0 Å². The zero-order valence-corrected chi connectivity index (χ0v) is 8.81. The van der Waals surface area contributed by atoms with Gasteiger partial charge >= 0.3 is 0 Å². The van der Waals surface area contributed by atoms with E-state index in [2.05, 4.69) is 12.2 Å². The predicted octanol–water partition coefficient (Wildman–Crippen LogP) is 2.34. The topological polar surface area (TPSA) is 29.1 Å². The van der Waals surface area contributed by atoms with Crippen molar-refractivity contribution in [2.24, 2.45) is 11.8 Å². The summed E-state index contributed by atoms with van der Waals surface area (Å²) < 4.78 is 0. The van der Waals surface area contributed by atoms with E-state index in [9.17, 15) is 4.79 Å². The van der Waals surface area contributed by atoms with Crippen LogP contribution in [-0.2, 0) is 4.79 Å². The molecule has 0 spiro atoms. The Hall–Kier alpha value is -0.530. The summed E-state index contributed by atoms with van der Waals surface area (Å²) >= 11 is 0. The summed E-state index contributed by atoms with van der Waals surface area (Å²) in [5.74, 6) is 1.84. The molecule has 2 nitrogen and oxygen atoms in total. The van der Waals surface area contributed by atoms with Crippen LogP contribution in [-0.4, -0.2) is 12.5 Å². The highest BCUT2D eigenvalue weighted by molar-refractivity contribution is 5.75. The van der Waals surface area contributed by atoms with Gasteiger partial charge in [0.25, 0.3) is 0 Å². The van der Waals surface area contributed by atoms with Crippen LogP contribution in [0.3, 0.4) is 0 Å². The SMILES string of the molecule is CCCC(=O)NCC1CCC(C)C1. The lowest BCUT2D eigenvalue weighted by molar-refractivity contribution is -0.121. The number of nitrogens with one attached hydrogen (secondary N) is 1. The lowest BCUT2D eigenvalue weighted by Gasteiger charge is -2.10. The standard InChI is InChI=1S/C11H21NO/c1-3-4-11(13)12-8-10-6-5-9(2)7-10/h9-10H,3-8H2,1-2H3,(H,12,13). The fraction of sp³-hybridized carbons (Fsp3) is 0.909. The summed E-state index contributed by atoms with van der Waals surface area (Å²) in [6.07, 6.45) is 5.57. The van der Waals surface area contributed by atoms with E-state index in [1.54, 1.807) is 0 Å². The van der Waals surface area contributed by atoms with E-state index in [-0.39, 0.29) is 5.91 Å². The molecule has 0 aromatic heterocycles. The Balaban J connectivity index is 2.09. The van der Waals surface area contributed by atoms with Crippen LogP contribution in [0.25, 0.3) is 0 Å². The highest BCUT2D eigenvalue weighted by Gasteiger charge is 2.21. The van der Waals surface area contributed by atoms with Crippen LogP contribution in [0.2, 0.25) is 0 Å². The van der Waals surface area contributed by atoms with Crippen molar-refractivity contribution in [3.05, 3.63) is 0 Å². The molecule has 1 rings (SSSR count). The molecule has 1 amide bonds. The lowest BCUT2D eigenvalue weighted by atomic mass is 10.1. The normalized spacial score (nSPS) is 27.5. The zero-order valence-electron chi connectivity index (χ0n) is 8.81. The number of amides is 1. The average Bonchev–Trinajstić information content (AvgIpc) is 2.49. The second kappa shape index (κ2) is 5.25. The van der Waals surface area contributed by atoms with Gasteiger partial charge in [0, 0.05) is 13.0 Å². The Kier molecular flexibility index (Phi) is 4.26. The van der Waals surface area contributed by atoms with E-state index in [4.69, 9.17) is 0 Å². The summed E-state index contributed by atoms with van der Waals surface area (Å²) in [5, 5.41) is 3.01. The second-order valence-electron chi connectivity index (χ2n) is 4.34. The molecule has 1 aliphatic carbocycles. The van der Waals surface area contributed by atoms with Gasteiger partial charge in [-0.15, -0.1) is 0 Å². The summed E-state index contributed by atoms with van der Waals surface area (Å²) in [4.78, 5) is 11.2. The lowest BCUT2D eigenvalue weighted by Crippen LogP contribution is -2.27. The molecule has 0 heterocycles. The maximum absolute atomic E-state index is 11.2. The number of carbonyl (C=O) groups excluding carboxylic acids is 1. The first kappa shape index (κ1) is 10.6. The Morgan fingerprint density at radius 3 is 2.77 bits per heavy atom. The number of carbonyl (C=O) groups is 1. The minimum atomic E-state index is 0.224. The van der Waals surface area contributed by atoms with Gasteiger partial charge in [0.05, 0.1) is 0 Å². The third-order valence-corrected chi connectivity index (χ3v) is 2.87. The first-order valence-electron chi connectivity index (χ1n) is 5.49. The molecule has 0 radical (unpaired) electrons. The van der Waals surface area contributed by atoms with Crippen molar-refractivity contribution in [3.8, 4) is 0 Å². The third-order valence-electron chi connectivity index (χ3n) is 2.87. The third kappa shape index (κ3) is 3.79. The second-order valence-corrected chi connectivity index (χ2v) is 4.34. The molecule has 0 aromatic rings. The Bertz CT molecular complexity index is 167. The van der Waals surface area contributed by atoms with Gasteiger partial charge in [-0.25, -0.2) is 0 Å². The van der Waals surface area contributed by atoms with Gasteiger partial charge in [0.15, 0.2) is 0 Å². The maximum atomic E-state index is 11.2. The molecule has 13 heavy (non-hydrogen) atoms. The quantitative estimate of drug-likeness (QED) is 0.712. The Morgan fingerprint density at radius 1 is 1.46 bits per heavy atom. The molecule has 1 saturated carbocycles. The Morgan fingerprint density at radius 2 is 2.23 bits per heavy atom. The smallest absolute Gasteiger partial charge is 0.219 e. The molecule has 1 fully saturated rings. The minimum Gasteiger partial charge on any atom is -0.356 e. The minimum absolute atomic E-state index is 0.224. The molecule has 2 heteroatoms. The van der Waals surface area contributed by atoms with Gasteiger partial charge in [-0.05, 0) is 31.1 Å². The van der Waals surface area contributed by atoms with Crippen molar-refractivity contribution in [1.29, 1.82) is 0 Å². The summed E-state index contributed by atoms with van der Waals surface area (Å²) in [5.41, 5.74) is 0. The van der Waals surface area contributed by atoms with Gasteiger partial charge in [-0.2, -0.15) is 0 Å². The van der Waals surface area contributed by atoms with Crippen LogP contribution in [0, 0.1) is 11.8 Å². The van der Waals surface area contributed by atoms with Crippen molar-refractivity contribution >= 4 is 5.91 Å². The van der Waals surface area contributed by atoms with Gasteiger partial charge in [-0.1, -0.05) is 20.3 Å². The van der Waals surface area contributed by atoms with Crippen LogP contribution < -0.4 is 5.32 Å². The highest BCUT2D eigenvalue weighted by Crippen LogP contribution is 2.29. The molecule has 0 aliphatic heterocycles. The van der Waals surface area contributed by atoms with E-state index >= 15 is 0 Å². The monoisotopic (exact) mass is 183 g/mol.